The van der Waals surface area contributed by atoms with Crippen molar-refractivity contribution in [2.24, 2.45) is 23.1 Å². The fourth-order valence-electron chi connectivity index (χ4n) is 16.1. The molecule has 2 aromatic heterocycles. The minimum atomic E-state index is -1.91. The summed E-state index contributed by atoms with van der Waals surface area (Å²) in [5.74, 6) is -20.1. The largest absolute Gasteiger partial charge is 0.508 e. The quantitative estimate of drug-likeness (QED) is 0.0290. The number of nitrogens with one attached hydrogen (secondary N) is 12. The zero-order chi connectivity index (χ0) is 96.2. The van der Waals surface area contributed by atoms with E-state index in [4.69, 9.17) is 17.2 Å². The number of H-pyrrole nitrogens is 2. The van der Waals surface area contributed by atoms with Crippen molar-refractivity contribution in [2.75, 3.05) is 65.4 Å². The Hall–Kier alpha value is -12.8. The maximum absolute atomic E-state index is 15.8. The molecule has 714 valence electrons. The summed E-state index contributed by atoms with van der Waals surface area (Å²) in [5.41, 5.74) is 20.5. The number of nitrogens with two attached hydrogens (primary N) is 3. The molecule has 3 aromatic carbocycles. The van der Waals surface area contributed by atoms with Gasteiger partial charge in [-0.1, -0.05) is 102 Å². The highest BCUT2D eigenvalue weighted by Crippen LogP contribution is 2.28. The molecule has 131 heavy (non-hydrogen) atoms. The molecule has 0 unspecified atom stereocenters. The van der Waals surface area contributed by atoms with E-state index in [0.717, 1.165) is 24.5 Å². The number of carbonyl (C=O) groups is 18. The highest BCUT2D eigenvalue weighted by molar-refractivity contribution is 8.00. The number of rotatable bonds is 25. The second-order valence-corrected chi connectivity index (χ2v) is 34.7. The van der Waals surface area contributed by atoms with Gasteiger partial charge in [-0.15, -0.1) is 11.8 Å². The zero-order valence-electron chi connectivity index (χ0n) is 74.8. The Bertz CT molecular complexity index is 4930. The number of carboxylic acids is 2. The molecule has 0 aliphatic carbocycles. The third kappa shape index (κ3) is 28.9. The van der Waals surface area contributed by atoms with Gasteiger partial charge in [-0.05, 0) is 105 Å². The summed E-state index contributed by atoms with van der Waals surface area (Å²) in [6.07, 6.45) is -0.556. The predicted octanol–water partition coefficient (Wildman–Crippen LogP) is -2.38. The fraction of sp³-hybridized carbons (Fsp3) is 0.545. The van der Waals surface area contributed by atoms with Gasteiger partial charge in [-0.3, -0.25) is 86.3 Å². The zero-order valence-corrected chi connectivity index (χ0v) is 75.6. The molecule has 3 saturated heterocycles. The van der Waals surface area contributed by atoms with Crippen molar-refractivity contribution in [3.05, 3.63) is 102 Å². The van der Waals surface area contributed by atoms with Crippen LogP contribution < -0.4 is 70.4 Å². The van der Waals surface area contributed by atoms with E-state index in [1.807, 2.05) is 6.92 Å². The Labute approximate surface area is 761 Å². The maximum Gasteiger partial charge on any atom is 0.305 e. The number of thioether (sulfide) groups is 1. The summed E-state index contributed by atoms with van der Waals surface area (Å²) in [7, 11) is 3.81. The lowest BCUT2D eigenvalue weighted by Gasteiger charge is -2.36. The summed E-state index contributed by atoms with van der Waals surface area (Å²) in [4.78, 5) is 272. The van der Waals surface area contributed by atoms with Crippen LogP contribution in [-0.4, -0.2) is 317 Å². The molecule has 16 amide bonds. The van der Waals surface area contributed by atoms with Gasteiger partial charge in [0.15, 0.2) is 0 Å². The van der Waals surface area contributed by atoms with Crippen LogP contribution in [0.5, 0.6) is 5.75 Å². The van der Waals surface area contributed by atoms with E-state index in [1.165, 1.54) is 52.3 Å². The Morgan fingerprint density at radius 1 is 0.534 bits per heavy atom. The Kier molecular flexibility index (Phi) is 39.0. The second kappa shape index (κ2) is 49.3. The number of benzene rings is 3. The molecule has 5 aromatic rings. The lowest BCUT2D eigenvalue weighted by Crippen LogP contribution is -2.62. The highest BCUT2D eigenvalue weighted by atomic mass is 32.2. The van der Waals surface area contributed by atoms with Gasteiger partial charge < -0.3 is 125 Å². The van der Waals surface area contributed by atoms with Crippen LogP contribution >= 0.6 is 11.8 Å². The number of aromatic nitrogens is 2. The number of aliphatic hydroxyl groups is 1. The SMILES string of the molecule is CCCC[C@H]1C(=O)N(C)[C@@H](CCCC)C(=O)N[C@@H](CCC(=O)O)C(=O)N[C@H](C(=O)NCC(N)=O)CSCC(=O)N[C@@H](Cc2ccc(O)cc2)C(=O)N(C)[C@@H](C)C(=O)N[C@@H](CC(=O)O)C(=O)N2CCC[C@H]2C(=O)N[C@@H](CN)C(=O)N[C@@H](CC(C)C)C(=O)N2C[C@H](O)C[C@H]2C(=O)N[C@@H](Cc2c[nH]c3ccccc23)C(=O)N[C@@H](CCN)C(=O)N[C@@H](Cc2c[nH]c3ccccc23)C(=O)N1C. The van der Waals surface area contributed by atoms with Gasteiger partial charge in [0.2, 0.25) is 94.5 Å². The number of aromatic amines is 2. The van der Waals surface area contributed by atoms with Crippen LogP contribution in [0.4, 0.5) is 0 Å². The number of phenols is 1. The number of primary amides is 1. The Morgan fingerprint density at radius 2 is 1.05 bits per heavy atom. The molecule has 0 spiro atoms. The van der Waals surface area contributed by atoms with Gasteiger partial charge in [0.1, 0.15) is 90.3 Å². The summed E-state index contributed by atoms with van der Waals surface area (Å²) in [5, 5.41) is 68.9. The van der Waals surface area contributed by atoms with Crippen LogP contribution in [0.25, 0.3) is 21.8 Å². The minimum absolute atomic E-state index is 0.0226. The number of carbonyl (C=O) groups excluding carboxylic acids is 16. The lowest BCUT2D eigenvalue weighted by molar-refractivity contribution is -0.149. The van der Waals surface area contributed by atoms with Gasteiger partial charge in [-0.25, -0.2) is 0 Å². The van der Waals surface area contributed by atoms with Gasteiger partial charge >= 0.3 is 11.9 Å². The molecule has 22 N–H and O–H groups in total. The molecule has 3 fully saturated rings. The lowest BCUT2D eigenvalue weighted by atomic mass is 9.99. The number of aliphatic carboxylic acids is 2. The van der Waals surface area contributed by atoms with Gasteiger partial charge in [0, 0.05) is 113 Å². The molecule has 15 atom stereocenters. The number of carboxylic acid groups (broad SMARTS) is 2. The minimum Gasteiger partial charge on any atom is -0.508 e. The van der Waals surface area contributed by atoms with Crippen molar-refractivity contribution >= 4 is 140 Å². The fourth-order valence-corrected chi connectivity index (χ4v) is 17.0. The van der Waals surface area contributed by atoms with Crippen molar-refractivity contribution < 1.29 is 107 Å². The summed E-state index contributed by atoms with van der Waals surface area (Å²) in [6.45, 7) is 6.08. The van der Waals surface area contributed by atoms with E-state index >= 15 is 33.6 Å². The first-order chi connectivity index (χ1) is 62.3. The van der Waals surface area contributed by atoms with E-state index < -0.39 is 248 Å². The molecule has 0 saturated carbocycles. The first-order valence-electron chi connectivity index (χ1n) is 43.9. The van der Waals surface area contributed by atoms with E-state index in [2.05, 4.69) is 63.1 Å². The number of aliphatic hydroxyl groups excluding tert-OH is 1. The number of hydrogen-bond donors (Lipinski definition) is 19. The van der Waals surface area contributed by atoms with E-state index in [9.17, 15) is 73.2 Å². The summed E-state index contributed by atoms with van der Waals surface area (Å²) >= 11 is 0.702. The topological polar surface area (TPSA) is 634 Å². The number of phenolic OH excluding ortho intramolecular Hbond substituents is 1. The van der Waals surface area contributed by atoms with Crippen LogP contribution in [0.2, 0.25) is 0 Å². The number of amides is 16. The first-order valence-corrected chi connectivity index (χ1v) is 45.1. The molecule has 0 radical (unpaired) electrons. The van der Waals surface area contributed by atoms with E-state index in [1.54, 1.807) is 81.7 Å². The van der Waals surface area contributed by atoms with Crippen LogP contribution in [0, 0.1) is 5.92 Å². The standard InChI is InChI=1S/C88H124N20O22S/c1-9-11-22-67-81(123)97-58(29-30-73(113)114)77(119)103-66(76(118)94-43-71(91)111)45-131-46-72(112)95-62(35-49-25-27-52(109)28-26-49)84(126)104(6)48(5)75(117)99-64(39-74(115)116)86(128)107-33-17-24-68(107)82(124)102-65(40-90)80(122)100-61(34-47(3)4)87(129)108-44-53(110)38-70(108)83(125)98-60(36-50-41-92-56-20-15-13-18-54(50)56)79(121)96-59(31-32-89)78(120)101-63(37-51-42-93-57-21-16-14-19-55(51)57)85(127)106(8)69(23-12-10-2)88(130)105(67)7/h13-16,18-21,25-28,41-42,47-48,53,58-70,92-93,109-110H,9-12,17,22-24,29-40,43-46,89-90H2,1-8H3,(H2,91,111)(H,94,118)(H,95,112)(H,96,121)(H,97,123)(H,98,125)(H,99,117)(H,100,122)(H,101,120)(H,102,124)(H,103,119)(H,113,114)(H,115,116)/t48-,53+,58-,59-,60-,61-,62-,63-,64-,65-,66-,67-,68-,69-,70-/m0/s1. The van der Waals surface area contributed by atoms with Crippen LogP contribution in [0.3, 0.4) is 0 Å². The third-order valence-corrected chi connectivity index (χ3v) is 24.5. The average Bonchev–Trinajstić information content (AvgIpc) is 1.50. The number of para-hydroxylation sites is 2. The second-order valence-electron chi connectivity index (χ2n) is 33.7. The monoisotopic (exact) mass is 1840 g/mol. The molecular weight excluding hydrogens is 1720 g/mol. The molecule has 8 rings (SSSR count). The number of hydrogen-bond acceptors (Lipinski definition) is 23. The van der Waals surface area contributed by atoms with Gasteiger partial charge in [0.05, 0.1) is 24.8 Å². The molecule has 5 heterocycles. The number of fused-ring (bicyclic) bond motifs is 4. The number of unbranched alkanes of at least 4 members (excludes halogenated alkanes) is 2. The van der Waals surface area contributed by atoms with Crippen molar-refractivity contribution in [3.8, 4) is 5.75 Å². The molecular formula is C88H124N20O22S. The number of likely N-dealkylation sites (N-methyl/N-ethyl adjacent to an activating group) is 3. The smallest absolute Gasteiger partial charge is 0.305 e. The Morgan fingerprint density at radius 3 is 1.64 bits per heavy atom. The normalized spacial score (nSPS) is 25.2. The Balaban J connectivity index is 1.19. The van der Waals surface area contributed by atoms with Crippen LogP contribution in [0.1, 0.15) is 141 Å². The first kappa shape index (κ1) is 104. The van der Waals surface area contributed by atoms with E-state index in [-0.39, 0.29) is 95.4 Å². The van der Waals surface area contributed by atoms with Crippen LogP contribution in [0.15, 0.2) is 85.2 Å². The third-order valence-electron chi connectivity index (χ3n) is 23.5. The van der Waals surface area contributed by atoms with Crippen molar-refractivity contribution in [2.45, 2.75) is 234 Å². The van der Waals surface area contributed by atoms with Gasteiger partial charge in [0.25, 0.3) is 0 Å². The van der Waals surface area contributed by atoms with E-state index in [0.29, 0.717) is 69.5 Å². The number of aromatic hydroxyl groups is 1. The van der Waals surface area contributed by atoms with Gasteiger partial charge in [-0.2, -0.15) is 0 Å². The summed E-state index contributed by atoms with van der Waals surface area (Å²) < 4.78 is 0. The maximum atomic E-state index is 15.8. The highest BCUT2D eigenvalue weighted by Gasteiger charge is 2.47. The molecule has 43 heteroatoms. The summed E-state index contributed by atoms with van der Waals surface area (Å²) in [6, 6.07) is -2.56. The molecule has 3 aliphatic heterocycles. The van der Waals surface area contributed by atoms with Crippen molar-refractivity contribution in [3.63, 3.8) is 0 Å². The van der Waals surface area contributed by atoms with Crippen molar-refractivity contribution in [1.29, 1.82) is 0 Å². The van der Waals surface area contributed by atoms with Crippen molar-refractivity contribution in [1.82, 2.24) is 87.6 Å². The predicted molar refractivity (Wildman–Crippen MR) is 479 cm³/mol. The number of nitrogens with zero attached hydrogens (tertiary/aromatic N) is 5. The van der Waals surface area contributed by atoms with Crippen LogP contribution in [-0.2, 0) is 106 Å². The molecule has 42 nitrogen and oxygen atoms in total. The average molecular weight is 1850 g/mol. The molecule has 0 bridgehead atoms. The molecule has 3 aliphatic rings.